The average molecular weight is 327 g/mol. The molecule has 1 N–H and O–H groups in total. The number of pyridine rings is 1. The molecule has 3 rings (SSSR count). The van der Waals surface area contributed by atoms with E-state index in [4.69, 9.17) is 4.98 Å². The maximum absolute atomic E-state index is 13.7. The number of hydrogen-bond acceptors (Lipinski definition) is 4. The van der Waals surface area contributed by atoms with Gasteiger partial charge in [-0.15, -0.1) is 0 Å². The molecule has 0 saturated heterocycles. The van der Waals surface area contributed by atoms with Crippen LogP contribution in [0.5, 0.6) is 0 Å². The Morgan fingerprint density at radius 3 is 2.65 bits per heavy atom. The van der Waals surface area contributed by atoms with Crippen LogP contribution in [0.15, 0.2) is 59.5 Å². The summed E-state index contributed by atoms with van der Waals surface area (Å²) in [7, 11) is 4.04. The molecule has 3 nitrogen and oxygen atoms in total. The summed E-state index contributed by atoms with van der Waals surface area (Å²) in [6, 6.07) is 16.8. The first-order valence-corrected chi connectivity index (χ1v) is 8.16. The molecule has 2 aromatic carbocycles. The zero-order valence-corrected chi connectivity index (χ0v) is 13.9. The fourth-order valence-corrected chi connectivity index (χ4v) is 3.02. The van der Waals surface area contributed by atoms with Gasteiger partial charge in [-0.1, -0.05) is 30.3 Å². The number of nitrogens with one attached hydrogen (secondary N) is 1. The van der Waals surface area contributed by atoms with Crippen LogP contribution in [0.3, 0.4) is 0 Å². The molecule has 0 aliphatic carbocycles. The number of benzene rings is 2. The number of nitrogens with zero attached hydrogens (tertiary/aromatic N) is 2. The average Bonchev–Trinajstić information content (AvgIpc) is 2.53. The maximum atomic E-state index is 13.7. The highest BCUT2D eigenvalue weighted by atomic mass is 32.2. The lowest BCUT2D eigenvalue weighted by Crippen LogP contribution is -2.11. The Morgan fingerprint density at radius 2 is 1.87 bits per heavy atom. The van der Waals surface area contributed by atoms with Gasteiger partial charge in [0.15, 0.2) is 0 Å². The van der Waals surface area contributed by atoms with E-state index in [9.17, 15) is 4.39 Å². The van der Waals surface area contributed by atoms with Gasteiger partial charge in [-0.2, -0.15) is 0 Å². The summed E-state index contributed by atoms with van der Waals surface area (Å²) in [5.74, 6) is -0.230. The largest absolute Gasteiger partial charge is 0.324 e. The third kappa shape index (κ3) is 3.81. The van der Waals surface area contributed by atoms with Gasteiger partial charge in [-0.05, 0) is 50.3 Å². The van der Waals surface area contributed by atoms with Gasteiger partial charge in [0.2, 0.25) is 0 Å². The molecule has 118 valence electrons. The van der Waals surface area contributed by atoms with E-state index in [1.807, 2.05) is 44.4 Å². The zero-order chi connectivity index (χ0) is 16.2. The van der Waals surface area contributed by atoms with Crippen molar-refractivity contribution in [1.82, 2.24) is 9.88 Å². The van der Waals surface area contributed by atoms with Gasteiger partial charge in [0.1, 0.15) is 5.82 Å². The molecule has 0 amide bonds. The van der Waals surface area contributed by atoms with Crippen LogP contribution in [-0.4, -0.2) is 24.0 Å². The Morgan fingerprint density at radius 1 is 1.04 bits per heavy atom. The summed E-state index contributed by atoms with van der Waals surface area (Å²) in [6.45, 7) is 0.782. The van der Waals surface area contributed by atoms with Crippen LogP contribution < -0.4 is 4.72 Å². The van der Waals surface area contributed by atoms with E-state index in [1.165, 1.54) is 18.0 Å². The monoisotopic (exact) mass is 327 g/mol. The summed E-state index contributed by atoms with van der Waals surface area (Å²) in [5.41, 5.74) is 2.79. The second kappa shape index (κ2) is 6.98. The van der Waals surface area contributed by atoms with Crippen LogP contribution in [0.1, 0.15) is 5.69 Å². The smallest absolute Gasteiger partial charge is 0.138 e. The molecule has 0 spiro atoms. The van der Waals surface area contributed by atoms with E-state index in [1.54, 1.807) is 12.1 Å². The van der Waals surface area contributed by atoms with Crippen molar-refractivity contribution in [2.24, 2.45) is 0 Å². The van der Waals surface area contributed by atoms with Crippen molar-refractivity contribution < 1.29 is 4.39 Å². The Hall–Kier alpha value is -2.11. The second-order valence-corrected chi connectivity index (χ2v) is 6.40. The molecule has 23 heavy (non-hydrogen) atoms. The van der Waals surface area contributed by atoms with E-state index < -0.39 is 0 Å². The quantitative estimate of drug-likeness (QED) is 0.696. The van der Waals surface area contributed by atoms with E-state index in [-0.39, 0.29) is 5.82 Å². The highest BCUT2D eigenvalue weighted by Gasteiger charge is 2.07. The van der Waals surface area contributed by atoms with Gasteiger partial charge in [0.25, 0.3) is 0 Å². The SMILES string of the molecule is CN(C)Cc1ccc2cccc(NSc3ccccc3F)c2n1. The molecular formula is C18H18FN3S. The molecule has 5 heteroatoms. The fourth-order valence-electron chi connectivity index (χ4n) is 2.32. The van der Waals surface area contributed by atoms with Gasteiger partial charge >= 0.3 is 0 Å². The molecule has 3 aromatic rings. The Labute approximate surface area is 139 Å². The van der Waals surface area contributed by atoms with Gasteiger partial charge < -0.3 is 9.62 Å². The third-order valence-corrected chi connectivity index (χ3v) is 4.24. The van der Waals surface area contributed by atoms with E-state index in [0.717, 1.165) is 28.8 Å². The molecule has 0 fully saturated rings. The van der Waals surface area contributed by atoms with E-state index >= 15 is 0 Å². The van der Waals surface area contributed by atoms with Gasteiger partial charge in [0, 0.05) is 11.9 Å². The summed E-state index contributed by atoms with van der Waals surface area (Å²) in [6.07, 6.45) is 0. The lowest BCUT2D eigenvalue weighted by molar-refractivity contribution is 0.397. The predicted molar refractivity (Wildman–Crippen MR) is 95.0 cm³/mol. The number of anilines is 1. The standard InChI is InChI=1S/C18H18FN3S/c1-22(2)12-14-11-10-13-6-5-8-16(18(13)20-14)21-23-17-9-4-3-7-15(17)19/h3-11,21H,12H2,1-2H3. The highest BCUT2D eigenvalue weighted by molar-refractivity contribution is 8.00. The van der Waals surface area contributed by atoms with E-state index in [0.29, 0.717) is 4.90 Å². The Kier molecular flexibility index (Phi) is 4.79. The van der Waals surface area contributed by atoms with E-state index in [2.05, 4.69) is 15.7 Å². The third-order valence-electron chi connectivity index (χ3n) is 3.36. The number of aromatic nitrogens is 1. The lowest BCUT2D eigenvalue weighted by atomic mass is 10.2. The summed E-state index contributed by atoms with van der Waals surface area (Å²) >= 11 is 1.26. The Balaban J connectivity index is 1.89. The van der Waals surface area contributed by atoms with Crippen molar-refractivity contribution in [1.29, 1.82) is 0 Å². The molecule has 1 heterocycles. The first kappa shape index (κ1) is 15.8. The van der Waals surface area contributed by atoms with Crippen LogP contribution >= 0.6 is 11.9 Å². The maximum Gasteiger partial charge on any atom is 0.138 e. The van der Waals surface area contributed by atoms with Crippen LogP contribution in [0.4, 0.5) is 10.1 Å². The molecular weight excluding hydrogens is 309 g/mol. The summed E-state index contributed by atoms with van der Waals surface area (Å²) < 4.78 is 17.0. The molecule has 0 bridgehead atoms. The number of rotatable bonds is 5. The van der Waals surface area contributed by atoms with Crippen LogP contribution in [0, 0.1) is 5.82 Å². The molecule has 0 saturated carbocycles. The molecule has 1 aromatic heterocycles. The zero-order valence-electron chi connectivity index (χ0n) is 13.1. The summed E-state index contributed by atoms with van der Waals surface area (Å²) in [4.78, 5) is 7.38. The minimum absolute atomic E-state index is 0.230. The van der Waals surface area contributed by atoms with Crippen molar-refractivity contribution in [2.75, 3.05) is 18.8 Å². The van der Waals surface area contributed by atoms with Gasteiger partial charge in [0.05, 0.1) is 21.8 Å². The van der Waals surface area contributed by atoms with Gasteiger partial charge in [-0.3, -0.25) is 0 Å². The van der Waals surface area contributed by atoms with Crippen LogP contribution in [0.25, 0.3) is 10.9 Å². The number of hydrogen-bond donors (Lipinski definition) is 1. The number of fused-ring (bicyclic) bond motifs is 1. The molecule has 0 aliphatic heterocycles. The highest BCUT2D eigenvalue weighted by Crippen LogP contribution is 2.28. The minimum Gasteiger partial charge on any atom is -0.324 e. The van der Waals surface area contributed by atoms with Gasteiger partial charge in [-0.25, -0.2) is 9.37 Å². The second-order valence-electron chi connectivity index (χ2n) is 5.55. The first-order chi connectivity index (χ1) is 11.1. The van der Waals surface area contributed by atoms with Crippen molar-refractivity contribution in [2.45, 2.75) is 11.4 Å². The lowest BCUT2D eigenvalue weighted by Gasteiger charge is -2.12. The van der Waals surface area contributed by atoms with Crippen LogP contribution in [-0.2, 0) is 6.54 Å². The number of para-hydroxylation sites is 1. The minimum atomic E-state index is -0.230. The molecule has 0 unspecified atom stereocenters. The topological polar surface area (TPSA) is 28.2 Å². The molecule has 0 atom stereocenters. The van der Waals surface area contributed by atoms with Crippen LogP contribution in [0.2, 0.25) is 0 Å². The number of halogens is 1. The van der Waals surface area contributed by atoms with Crippen molar-refractivity contribution in [3.05, 3.63) is 66.1 Å². The normalized spacial score (nSPS) is 11.1. The van der Waals surface area contributed by atoms with Crippen molar-refractivity contribution in [3.63, 3.8) is 0 Å². The van der Waals surface area contributed by atoms with Crippen molar-refractivity contribution in [3.8, 4) is 0 Å². The summed E-state index contributed by atoms with van der Waals surface area (Å²) in [5, 5.41) is 1.06. The molecule has 0 aliphatic rings. The Bertz CT molecular complexity index is 820. The molecule has 0 radical (unpaired) electrons. The predicted octanol–water partition coefficient (Wildman–Crippen LogP) is 4.55. The fraction of sp³-hybridized carbons (Fsp3) is 0.167. The first-order valence-electron chi connectivity index (χ1n) is 7.34. The van der Waals surface area contributed by atoms with Crippen molar-refractivity contribution >= 4 is 28.5 Å².